The topological polar surface area (TPSA) is 122 Å². The van der Waals surface area contributed by atoms with E-state index in [9.17, 15) is 13.2 Å². The van der Waals surface area contributed by atoms with Crippen LogP contribution < -0.4 is 15.8 Å². The highest BCUT2D eigenvalue weighted by atomic mass is 32.2. The number of amides is 1. The van der Waals surface area contributed by atoms with Crippen molar-refractivity contribution < 1.29 is 18.3 Å². The number of benzene rings is 1. The van der Waals surface area contributed by atoms with Gasteiger partial charge in [-0.25, -0.2) is 13.6 Å². The van der Waals surface area contributed by atoms with Gasteiger partial charge in [-0.3, -0.25) is 4.79 Å². The summed E-state index contributed by atoms with van der Waals surface area (Å²) in [5, 5.41) is 19.5. The lowest BCUT2D eigenvalue weighted by atomic mass is 10.1. The Bertz CT molecular complexity index is 567. The predicted octanol–water partition coefficient (Wildman–Crippen LogP) is -0.367. The summed E-state index contributed by atoms with van der Waals surface area (Å²) < 4.78 is 22.1. The number of carbonyl (C=O) groups excluding carboxylic acids is 1. The second-order valence-corrected chi connectivity index (χ2v) is 6.57. The van der Waals surface area contributed by atoms with E-state index in [1.165, 1.54) is 24.3 Å². The van der Waals surface area contributed by atoms with Crippen LogP contribution in [0.1, 0.15) is 13.8 Å². The molecule has 0 bridgehead atoms. The van der Waals surface area contributed by atoms with E-state index < -0.39 is 15.6 Å². The van der Waals surface area contributed by atoms with Crippen molar-refractivity contribution in [2.75, 3.05) is 18.5 Å². The minimum atomic E-state index is -3.73. The molecule has 0 unspecified atom stereocenters. The maximum atomic E-state index is 11.7. The van der Waals surface area contributed by atoms with Gasteiger partial charge in [0.2, 0.25) is 15.9 Å². The zero-order chi connectivity index (χ0) is 15.4. The molecule has 0 radical (unpaired) electrons. The maximum absolute atomic E-state index is 11.7. The second kappa shape index (κ2) is 6.31. The number of aliphatic hydroxyl groups excluding tert-OH is 1. The standard InChI is InChI=1S/C12H19N3O4S/c1-12(2,8-16)14-7-11(17)15-9-3-5-10(6-4-9)20(13,18)19/h3-6,14,16H,7-8H2,1-2H3,(H,15,17)(H2,13,18,19). The molecule has 0 aliphatic heterocycles. The van der Waals surface area contributed by atoms with Crippen molar-refractivity contribution in [2.24, 2.45) is 5.14 Å². The monoisotopic (exact) mass is 301 g/mol. The van der Waals surface area contributed by atoms with E-state index >= 15 is 0 Å². The molecule has 0 spiro atoms. The largest absolute Gasteiger partial charge is 0.394 e. The summed E-state index contributed by atoms with van der Waals surface area (Å²) in [7, 11) is -3.73. The Morgan fingerprint density at radius 2 is 1.85 bits per heavy atom. The summed E-state index contributed by atoms with van der Waals surface area (Å²) in [6, 6.07) is 5.54. The number of rotatable bonds is 6. The van der Waals surface area contributed by atoms with Gasteiger partial charge in [0.05, 0.1) is 18.0 Å². The SMILES string of the molecule is CC(C)(CO)NCC(=O)Nc1ccc(S(N)(=O)=O)cc1. The number of aliphatic hydroxyl groups is 1. The van der Waals surface area contributed by atoms with Crippen LogP contribution in [0, 0.1) is 0 Å². The molecule has 1 amide bonds. The van der Waals surface area contributed by atoms with Gasteiger partial charge in [0.15, 0.2) is 0 Å². The molecule has 20 heavy (non-hydrogen) atoms. The summed E-state index contributed by atoms with van der Waals surface area (Å²) in [5.41, 5.74) is -0.0829. The van der Waals surface area contributed by atoms with Gasteiger partial charge in [0.25, 0.3) is 0 Å². The summed E-state index contributed by atoms with van der Waals surface area (Å²) in [5.74, 6) is -0.296. The number of anilines is 1. The van der Waals surface area contributed by atoms with Crippen LogP contribution >= 0.6 is 0 Å². The number of nitrogens with one attached hydrogen (secondary N) is 2. The lowest BCUT2D eigenvalue weighted by molar-refractivity contribution is -0.115. The molecule has 5 N–H and O–H groups in total. The lowest BCUT2D eigenvalue weighted by Crippen LogP contribution is -2.46. The molecule has 1 aromatic rings. The summed E-state index contributed by atoms with van der Waals surface area (Å²) >= 11 is 0. The first kappa shape index (κ1) is 16.6. The first-order valence-electron chi connectivity index (χ1n) is 5.93. The van der Waals surface area contributed by atoms with Gasteiger partial charge in [-0.15, -0.1) is 0 Å². The van der Waals surface area contributed by atoms with Gasteiger partial charge in [0, 0.05) is 11.2 Å². The van der Waals surface area contributed by atoms with Crippen LogP contribution in [0.15, 0.2) is 29.2 Å². The number of hydrogen-bond donors (Lipinski definition) is 4. The van der Waals surface area contributed by atoms with Gasteiger partial charge < -0.3 is 15.7 Å². The molecule has 0 fully saturated rings. The number of carbonyl (C=O) groups is 1. The second-order valence-electron chi connectivity index (χ2n) is 5.01. The molecule has 0 heterocycles. The highest BCUT2D eigenvalue weighted by Crippen LogP contribution is 2.12. The van der Waals surface area contributed by atoms with E-state index in [1.54, 1.807) is 13.8 Å². The summed E-state index contributed by atoms with van der Waals surface area (Å²) in [4.78, 5) is 11.6. The summed E-state index contributed by atoms with van der Waals surface area (Å²) in [6.45, 7) is 3.47. The van der Waals surface area contributed by atoms with Crippen LogP contribution in [0.5, 0.6) is 0 Å². The van der Waals surface area contributed by atoms with Crippen molar-refractivity contribution in [3.8, 4) is 0 Å². The average molecular weight is 301 g/mol. The highest BCUT2D eigenvalue weighted by molar-refractivity contribution is 7.89. The summed E-state index contributed by atoms with van der Waals surface area (Å²) in [6.07, 6.45) is 0. The van der Waals surface area contributed by atoms with E-state index in [0.717, 1.165) is 0 Å². The fraction of sp³-hybridized carbons (Fsp3) is 0.417. The van der Waals surface area contributed by atoms with Crippen LogP contribution in [0.4, 0.5) is 5.69 Å². The molecule has 0 aliphatic carbocycles. The smallest absolute Gasteiger partial charge is 0.238 e. The number of hydrogen-bond acceptors (Lipinski definition) is 5. The van der Waals surface area contributed by atoms with E-state index in [-0.39, 0.29) is 24.0 Å². The minimum absolute atomic E-state index is 0.0185. The first-order chi connectivity index (χ1) is 9.14. The molecular weight excluding hydrogens is 282 g/mol. The van der Waals surface area contributed by atoms with Crippen molar-refractivity contribution in [1.82, 2.24) is 5.32 Å². The number of primary sulfonamides is 1. The third kappa shape index (κ3) is 5.25. The third-order valence-corrected chi connectivity index (χ3v) is 3.52. The van der Waals surface area contributed by atoms with Gasteiger partial charge in [0.1, 0.15) is 0 Å². The molecule has 1 rings (SSSR count). The highest BCUT2D eigenvalue weighted by Gasteiger charge is 2.16. The Morgan fingerprint density at radius 3 is 2.30 bits per heavy atom. The molecule has 7 nitrogen and oxygen atoms in total. The zero-order valence-corrected chi connectivity index (χ0v) is 12.2. The first-order valence-corrected chi connectivity index (χ1v) is 7.47. The van der Waals surface area contributed by atoms with Crippen molar-refractivity contribution in [3.63, 3.8) is 0 Å². The Morgan fingerprint density at radius 1 is 1.30 bits per heavy atom. The fourth-order valence-corrected chi connectivity index (χ4v) is 1.82. The molecule has 0 atom stereocenters. The zero-order valence-electron chi connectivity index (χ0n) is 11.4. The molecule has 0 saturated heterocycles. The van der Waals surface area contributed by atoms with Crippen LogP contribution in [0.2, 0.25) is 0 Å². The Labute approximate surface area is 118 Å². The van der Waals surface area contributed by atoms with Crippen molar-refractivity contribution in [2.45, 2.75) is 24.3 Å². The van der Waals surface area contributed by atoms with E-state index in [1.807, 2.05) is 0 Å². The third-order valence-electron chi connectivity index (χ3n) is 2.59. The van der Waals surface area contributed by atoms with Crippen LogP contribution in [-0.2, 0) is 14.8 Å². The van der Waals surface area contributed by atoms with Crippen molar-refractivity contribution >= 4 is 21.6 Å². The normalized spacial score (nSPS) is 12.2. The molecule has 0 aliphatic rings. The van der Waals surface area contributed by atoms with E-state index in [2.05, 4.69) is 10.6 Å². The van der Waals surface area contributed by atoms with Gasteiger partial charge in [-0.1, -0.05) is 0 Å². The van der Waals surface area contributed by atoms with Gasteiger partial charge >= 0.3 is 0 Å². The quantitative estimate of drug-likeness (QED) is 0.571. The Kier molecular flexibility index (Phi) is 5.23. The molecule has 8 heteroatoms. The predicted molar refractivity (Wildman–Crippen MR) is 75.6 cm³/mol. The molecule has 0 aromatic heterocycles. The maximum Gasteiger partial charge on any atom is 0.238 e. The van der Waals surface area contributed by atoms with Crippen LogP contribution in [0.25, 0.3) is 0 Å². The lowest BCUT2D eigenvalue weighted by Gasteiger charge is -2.23. The van der Waals surface area contributed by atoms with E-state index in [4.69, 9.17) is 10.2 Å². The number of sulfonamides is 1. The van der Waals surface area contributed by atoms with Crippen molar-refractivity contribution in [3.05, 3.63) is 24.3 Å². The van der Waals surface area contributed by atoms with E-state index in [0.29, 0.717) is 5.69 Å². The molecule has 1 aromatic carbocycles. The number of nitrogens with two attached hydrogens (primary N) is 1. The van der Waals surface area contributed by atoms with Crippen LogP contribution in [-0.4, -0.2) is 38.1 Å². The molecule has 112 valence electrons. The van der Waals surface area contributed by atoms with Crippen molar-refractivity contribution in [1.29, 1.82) is 0 Å². The Hall–Kier alpha value is -1.48. The van der Waals surface area contributed by atoms with Gasteiger partial charge in [-0.2, -0.15) is 0 Å². The average Bonchev–Trinajstić information content (AvgIpc) is 2.36. The van der Waals surface area contributed by atoms with Gasteiger partial charge in [-0.05, 0) is 38.1 Å². The fourth-order valence-electron chi connectivity index (χ4n) is 1.31. The van der Waals surface area contributed by atoms with Crippen LogP contribution in [0.3, 0.4) is 0 Å². The minimum Gasteiger partial charge on any atom is -0.394 e. The molecular formula is C12H19N3O4S. The Balaban J connectivity index is 2.59. The molecule has 0 saturated carbocycles.